The molecule has 1 aromatic carbocycles. The number of aromatic nitrogens is 1. The van der Waals surface area contributed by atoms with Gasteiger partial charge in [0.15, 0.2) is 0 Å². The van der Waals surface area contributed by atoms with Crippen molar-refractivity contribution in [2.75, 3.05) is 29.9 Å². The number of carbonyl (C=O) groups excluding carboxylic acids is 2. The van der Waals surface area contributed by atoms with Crippen LogP contribution in [0, 0.1) is 5.92 Å². The van der Waals surface area contributed by atoms with Gasteiger partial charge in [0.1, 0.15) is 5.69 Å². The fourth-order valence-corrected chi connectivity index (χ4v) is 3.17. The molecule has 0 spiro atoms. The van der Waals surface area contributed by atoms with Gasteiger partial charge >= 0.3 is 5.97 Å². The van der Waals surface area contributed by atoms with E-state index in [0.717, 1.165) is 37.5 Å². The molecule has 1 saturated heterocycles. The number of nitrogens with zero attached hydrogens (tertiary/aromatic N) is 2. The van der Waals surface area contributed by atoms with E-state index in [2.05, 4.69) is 22.1 Å². The lowest BCUT2D eigenvalue weighted by Gasteiger charge is -2.32. The van der Waals surface area contributed by atoms with Crippen molar-refractivity contribution in [3.05, 3.63) is 53.9 Å². The number of anilines is 2. The van der Waals surface area contributed by atoms with Gasteiger partial charge in [0.25, 0.3) is 5.91 Å². The van der Waals surface area contributed by atoms with E-state index in [-0.39, 0.29) is 12.5 Å². The first-order chi connectivity index (χ1) is 13.1. The average molecular weight is 367 g/mol. The summed E-state index contributed by atoms with van der Waals surface area (Å²) < 4.78 is 5.05. The molecule has 6 nitrogen and oxygen atoms in total. The molecule has 6 heteroatoms. The van der Waals surface area contributed by atoms with Crippen LogP contribution < -0.4 is 10.2 Å². The fraction of sp³-hybridized carbons (Fsp3) is 0.381. The molecule has 0 bridgehead atoms. The summed E-state index contributed by atoms with van der Waals surface area (Å²) in [4.78, 5) is 31.2. The van der Waals surface area contributed by atoms with Crippen molar-refractivity contribution in [1.82, 2.24) is 4.98 Å². The van der Waals surface area contributed by atoms with E-state index in [1.807, 2.05) is 6.07 Å². The van der Waals surface area contributed by atoms with Gasteiger partial charge in [-0.2, -0.15) is 0 Å². The van der Waals surface area contributed by atoms with E-state index in [0.29, 0.717) is 16.9 Å². The number of esters is 1. The number of benzene rings is 1. The molecule has 0 aliphatic carbocycles. The molecule has 1 aliphatic heterocycles. The summed E-state index contributed by atoms with van der Waals surface area (Å²) in [5.41, 5.74) is 2.07. The minimum Gasteiger partial charge on any atom is -0.462 e. The third-order valence-corrected chi connectivity index (χ3v) is 4.80. The van der Waals surface area contributed by atoms with Gasteiger partial charge in [-0.1, -0.05) is 19.1 Å². The molecule has 2 aromatic rings. The number of hydrogen-bond donors (Lipinski definition) is 1. The van der Waals surface area contributed by atoms with Gasteiger partial charge in [0.2, 0.25) is 0 Å². The fourth-order valence-electron chi connectivity index (χ4n) is 3.17. The van der Waals surface area contributed by atoms with Crippen molar-refractivity contribution >= 4 is 23.3 Å². The second-order valence-corrected chi connectivity index (χ2v) is 6.79. The van der Waals surface area contributed by atoms with Gasteiger partial charge < -0.3 is 15.0 Å². The van der Waals surface area contributed by atoms with E-state index in [1.54, 1.807) is 43.5 Å². The van der Waals surface area contributed by atoms with Gasteiger partial charge in [-0.3, -0.25) is 9.78 Å². The predicted molar refractivity (Wildman–Crippen MR) is 105 cm³/mol. The van der Waals surface area contributed by atoms with Gasteiger partial charge in [-0.15, -0.1) is 0 Å². The Bertz CT molecular complexity index is 814. The number of piperidine rings is 1. The van der Waals surface area contributed by atoms with E-state index < -0.39 is 5.97 Å². The van der Waals surface area contributed by atoms with Crippen LogP contribution in [0.5, 0.6) is 0 Å². The molecule has 0 unspecified atom stereocenters. The quantitative estimate of drug-likeness (QED) is 0.815. The zero-order valence-electron chi connectivity index (χ0n) is 15.8. The van der Waals surface area contributed by atoms with Crippen LogP contribution in [-0.4, -0.2) is 36.6 Å². The first-order valence-electron chi connectivity index (χ1n) is 9.37. The summed E-state index contributed by atoms with van der Waals surface area (Å²) in [5, 5.41) is 2.78. The average Bonchev–Trinajstić information content (AvgIpc) is 2.69. The Kier molecular flexibility index (Phi) is 6.06. The highest BCUT2D eigenvalue weighted by Gasteiger charge is 2.19. The number of amides is 1. The molecule has 1 amide bonds. The summed E-state index contributed by atoms with van der Waals surface area (Å²) in [6, 6.07) is 10.5. The Morgan fingerprint density at radius 1 is 1.22 bits per heavy atom. The Labute approximate surface area is 159 Å². The maximum Gasteiger partial charge on any atom is 0.340 e. The van der Waals surface area contributed by atoms with Crippen molar-refractivity contribution in [2.24, 2.45) is 5.92 Å². The normalized spacial score (nSPS) is 14.7. The van der Waals surface area contributed by atoms with Crippen molar-refractivity contribution in [2.45, 2.75) is 26.7 Å². The van der Waals surface area contributed by atoms with Crippen LogP contribution in [0.15, 0.2) is 42.6 Å². The lowest BCUT2D eigenvalue weighted by Crippen LogP contribution is -2.33. The lowest BCUT2D eigenvalue weighted by atomic mass is 9.99. The second-order valence-electron chi connectivity index (χ2n) is 6.79. The molecule has 0 atom stereocenters. The second kappa shape index (κ2) is 8.66. The maximum absolute atomic E-state index is 12.7. The number of ether oxygens (including phenoxy) is 1. The van der Waals surface area contributed by atoms with Crippen LogP contribution in [0.4, 0.5) is 11.4 Å². The standard InChI is InChI=1S/C21H25N3O3/c1-3-27-21(26)17-6-4-5-7-18(17)23-20(25)19-14-16(8-11-22-19)24-12-9-15(2)10-13-24/h4-8,11,14-15H,3,9-10,12-13H2,1-2H3,(H,23,25). The number of hydrogen-bond acceptors (Lipinski definition) is 5. The van der Waals surface area contributed by atoms with E-state index in [4.69, 9.17) is 4.74 Å². The summed E-state index contributed by atoms with van der Waals surface area (Å²) in [6.07, 6.45) is 3.95. The van der Waals surface area contributed by atoms with Gasteiger partial charge in [-0.05, 0) is 49.9 Å². The number of carbonyl (C=O) groups is 2. The zero-order chi connectivity index (χ0) is 19.2. The molecule has 0 saturated carbocycles. The summed E-state index contributed by atoms with van der Waals surface area (Å²) >= 11 is 0. The summed E-state index contributed by atoms with van der Waals surface area (Å²) in [6.45, 7) is 6.26. The number of nitrogens with one attached hydrogen (secondary N) is 1. The van der Waals surface area contributed by atoms with Crippen molar-refractivity contribution in [3.8, 4) is 0 Å². The Morgan fingerprint density at radius 3 is 2.70 bits per heavy atom. The smallest absolute Gasteiger partial charge is 0.340 e. The van der Waals surface area contributed by atoms with Crippen LogP contribution in [0.3, 0.4) is 0 Å². The third-order valence-electron chi connectivity index (χ3n) is 4.80. The summed E-state index contributed by atoms with van der Waals surface area (Å²) in [5.74, 6) is -0.0678. The monoisotopic (exact) mass is 367 g/mol. The highest BCUT2D eigenvalue weighted by molar-refractivity contribution is 6.07. The maximum atomic E-state index is 12.7. The molecular weight excluding hydrogens is 342 g/mol. The molecule has 0 radical (unpaired) electrons. The van der Waals surface area contributed by atoms with E-state index >= 15 is 0 Å². The van der Waals surface area contributed by atoms with Crippen LogP contribution in [0.25, 0.3) is 0 Å². The van der Waals surface area contributed by atoms with Crippen LogP contribution >= 0.6 is 0 Å². The topological polar surface area (TPSA) is 71.5 Å². The molecular formula is C21H25N3O3. The molecule has 142 valence electrons. The molecule has 3 rings (SSSR count). The zero-order valence-corrected chi connectivity index (χ0v) is 15.8. The van der Waals surface area contributed by atoms with E-state index in [9.17, 15) is 9.59 Å². The minimum atomic E-state index is -0.461. The Hall–Kier alpha value is -2.89. The number of para-hydroxylation sites is 1. The van der Waals surface area contributed by atoms with Crippen molar-refractivity contribution in [3.63, 3.8) is 0 Å². The van der Waals surface area contributed by atoms with Crippen molar-refractivity contribution < 1.29 is 14.3 Å². The first-order valence-corrected chi connectivity index (χ1v) is 9.37. The van der Waals surface area contributed by atoms with Gasteiger partial charge in [0.05, 0.1) is 17.9 Å². The van der Waals surface area contributed by atoms with Crippen molar-refractivity contribution in [1.29, 1.82) is 0 Å². The lowest BCUT2D eigenvalue weighted by molar-refractivity contribution is 0.0527. The van der Waals surface area contributed by atoms with E-state index in [1.165, 1.54) is 0 Å². The predicted octanol–water partition coefficient (Wildman–Crippen LogP) is 3.75. The van der Waals surface area contributed by atoms with Gasteiger partial charge in [-0.25, -0.2) is 4.79 Å². The van der Waals surface area contributed by atoms with Crippen LogP contribution in [0.1, 0.15) is 47.5 Å². The first kappa shape index (κ1) is 18.9. The molecule has 1 N–H and O–H groups in total. The third kappa shape index (κ3) is 4.64. The largest absolute Gasteiger partial charge is 0.462 e. The van der Waals surface area contributed by atoms with Crippen LogP contribution in [-0.2, 0) is 4.74 Å². The van der Waals surface area contributed by atoms with Crippen LogP contribution in [0.2, 0.25) is 0 Å². The number of pyridine rings is 1. The Balaban J connectivity index is 1.76. The molecule has 1 fully saturated rings. The molecule has 27 heavy (non-hydrogen) atoms. The number of rotatable bonds is 5. The molecule has 2 heterocycles. The van der Waals surface area contributed by atoms with Gasteiger partial charge in [0, 0.05) is 25.0 Å². The molecule has 1 aliphatic rings. The Morgan fingerprint density at radius 2 is 1.96 bits per heavy atom. The molecule has 1 aromatic heterocycles. The SMILES string of the molecule is CCOC(=O)c1ccccc1NC(=O)c1cc(N2CCC(C)CC2)ccn1. The minimum absolute atomic E-state index is 0.277. The highest BCUT2D eigenvalue weighted by Crippen LogP contribution is 2.23. The highest BCUT2D eigenvalue weighted by atomic mass is 16.5. The summed E-state index contributed by atoms with van der Waals surface area (Å²) in [7, 11) is 0.